The Hall–Kier alpha value is -1.14. The van der Waals surface area contributed by atoms with Crippen LogP contribution in [0.2, 0.25) is 0 Å². The number of nitrogens with zero attached hydrogens (tertiary/aromatic N) is 3. The fourth-order valence-corrected chi connectivity index (χ4v) is 1.53. The van der Waals surface area contributed by atoms with Gasteiger partial charge in [-0.3, -0.25) is 0 Å². The highest BCUT2D eigenvalue weighted by Crippen LogP contribution is 2.28. The van der Waals surface area contributed by atoms with Gasteiger partial charge in [-0.25, -0.2) is 0 Å². The van der Waals surface area contributed by atoms with E-state index in [0.29, 0.717) is 25.1 Å². The van der Waals surface area contributed by atoms with Crippen LogP contribution in [0.3, 0.4) is 0 Å². The molecule has 18 heavy (non-hydrogen) atoms. The van der Waals surface area contributed by atoms with Gasteiger partial charge in [-0.1, -0.05) is 12.0 Å². The van der Waals surface area contributed by atoms with Gasteiger partial charge in [0.2, 0.25) is 5.89 Å². The Kier molecular flexibility index (Phi) is 4.95. The molecule has 0 spiro atoms. The van der Waals surface area contributed by atoms with Gasteiger partial charge in [0.1, 0.15) is 0 Å². The summed E-state index contributed by atoms with van der Waals surface area (Å²) in [6, 6.07) is 0.554. The van der Waals surface area contributed by atoms with E-state index in [4.69, 9.17) is 9.15 Å². The largest absolute Gasteiger partial charge is 0.407 e. The highest BCUT2D eigenvalue weighted by molar-refractivity contribution is 5.21. The van der Waals surface area contributed by atoms with Crippen molar-refractivity contribution < 1.29 is 9.15 Å². The van der Waals surface area contributed by atoms with E-state index < -0.39 is 0 Å². The van der Waals surface area contributed by atoms with Gasteiger partial charge in [0, 0.05) is 20.2 Å². The zero-order valence-corrected chi connectivity index (χ0v) is 11.2. The highest BCUT2D eigenvalue weighted by Gasteiger charge is 2.21. The first kappa shape index (κ1) is 13.3. The molecule has 1 fully saturated rings. The van der Waals surface area contributed by atoms with E-state index in [1.54, 1.807) is 0 Å². The fourth-order valence-electron chi connectivity index (χ4n) is 1.53. The molecule has 0 radical (unpaired) electrons. The Morgan fingerprint density at radius 3 is 3.00 bits per heavy atom. The quantitative estimate of drug-likeness (QED) is 0.664. The summed E-state index contributed by atoms with van der Waals surface area (Å²) < 4.78 is 11.1. The Balaban J connectivity index is 1.66. The van der Waals surface area contributed by atoms with Crippen LogP contribution in [0.5, 0.6) is 0 Å². The molecule has 1 aliphatic rings. The van der Waals surface area contributed by atoms with Crippen molar-refractivity contribution in [3.05, 3.63) is 5.89 Å². The number of ether oxygens (including phenoxy) is 1. The van der Waals surface area contributed by atoms with Gasteiger partial charge < -0.3 is 19.4 Å². The average Bonchev–Trinajstić information content (AvgIpc) is 3.08. The molecule has 0 bridgehead atoms. The van der Waals surface area contributed by atoms with E-state index in [2.05, 4.69) is 15.5 Å². The highest BCUT2D eigenvalue weighted by atomic mass is 16.5. The fraction of sp³-hybridized carbons (Fsp3) is 0.833. The molecule has 0 atom stereocenters. The maximum absolute atomic E-state index is 5.58. The van der Waals surface area contributed by atoms with Crippen LogP contribution in [0, 0.1) is 5.92 Å². The van der Waals surface area contributed by atoms with Gasteiger partial charge in [-0.2, -0.15) is 0 Å². The second-order valence-corrected chi connectivity index (χ2v) is 4.70. The summed E-state index contributed by atoms with van der Waals surface area (Å²) in [4.78, 5) is 1.93. The lowest BCUT2D eigenvalue weighted by molar-refractivity contribution is 0.130. The third-order valence-electron chi connectivity index (χ3n) is 2.93. The number of hydrogen-bond donors (Lipinski definition) is 1. The van der Waals surface area contributed by atoms with Crippen molar-refractivity contribution >= 4 is 6.01 Å². The zero-order valence-electron chi connectivity index (χ0n) is 11.2. The molecule has 2 rings (SSSR count). The van der Waals surface area contributed by atoms with Crippen molar-refractivity contribution in [2.75, 3.05) is 38.3 Å². The van der Waals surface area contributed by atoms with Crippen LogP contribution in [0.25, 0.3) is 0 Å². The van der Waals surface area contributed by atoms with Gasteiger partial charge >= 0.3 is 6.01 Å². The zero-order chi connectivity index (χ0) is 12.8. The smallest absolute Gasteiger partial charge is 0.318 e. The van der Waals surface area contributed by atoms with Crippen LogP contribution in [0.1, 0.15) is 25.7 Å². The van der Waals surface area contributed by atoms with Crippen molar-refractivity contribution in [2.45, 2.75) is 26.3 Å². The standard InChI is InChI=1S/C12H22N4O2/c1-3-13-8-11-14-15-12(18-11)16(2)6-7-17-9-10-4-5-10/h10,13H,3-9H2,1-2H3. The minimum absolute atomic E-state index is 0.554. The molecule has 0 saturated heterocycles. The maximum atomic E-state index is 5.58. The number of likely N-dealkylation sites (N-methyl/N-ethyl adjacent to an activating group) is 1. The molecule has 0 aliphatic heterocycles. The number of rotatable bonds is 9. The Bertz CT molecular complexity index is 352. The molecule has 1 saturated carbocycles. The lowest BCUT2D eigenvalue weighted by Gasteiger charge is -2.13. The molecule has 102 valence electrons. The second kappa shape index (κ2) is 6.70. The third-order valence-corrected chi connectivity index (χ3v) is 2.93. The Morgan fingerprint density at radius 2 is 2.28 bits per heavy atom. The molecule has 1 N–H and O–H groups in total. The summed E-state index contributed by atoms with van der Waals surface area (Å²) in [5.74, 6) is 1.43. The topological polar surface area (TPSA) is 63.4 Å². The predicted molar refractivity (Wildman–Crippen MR) is 68.5 cm³/mol. The molecule has 1 aromatic heterocycles. The first-order chi connectivity index (χ1) is 8.79. The van der Waals surface area contributed by atoms with Gasteiger partial charge in [-0.15, -0.1) is 5.10 Å². The van der Waals surface area contributed by atoms with Crippen molar-refractivity contribution in [1.29, 1.82) is 0 Å². The summed E-state index contributed by atoms with van der Waals surface area (Å²) in [5, 5.41) is 11.1. The SMILES string of the molecule is CCNCc1nnc(N(C)CCOCC2CC2)o1. The molecule has 0 unspecified atom stereocenters. The van der Waals surface area contributed by atoms with Gasteiger partial charge in [0.15, 0.2) is 0 Å². The monoisotopic (exact) mass is 254 g/mol. The number of aromatic nitrogens is 2. The molecule has 6 nitrogen and oxygen atoms in total. The number of hydrogen-bond acceptors (Lipinski definition) is 6. The molecule has 0 amide bonds. The molecule has 1 aliphatic carbocycles. The molecule has 0 aromatic carbocycles. The minimum atomic E-state index is 0.554. The molecule has 1 aromatic rings. The van der Waals surface area contributed by atoms with Crippen LogP contribution in [-0.2, 0) is 11.3 Å². The van der Waals surface area contributed by atoms with E-state index in [0.717, 1.165) is 25.6 Å². The molecular weight excluding hydrogens is 232 g/mol. The van der Waals surface area contributed by atoms with Crippen molar-refractivity contribution in [1.82, 2.24) is 15.5 Å². The molecular formula is C12H22N4O2. The lowest BCUT2D eigenvalue weighted by atomic mass is 10.5. The summed E-state index contributed by atoms with van der Waals surface area (Å²) in [5.41, 5.74) is 0. The summed E-state index contributed by atoms with van der Waals surface area (Å²) in [6.45, 7) is 5.93. The maximum Gasteiger partial charge on any atom is 0.318 e. The second-order valence-electron chi connectivity index (χ2n) is 4.70. The summed E-state index contributed by atoms with van der Waals surface area (Å²) >= 11 is 0. The van der Waals surface area contributed by atoms with Crippen LogP contribution >= 0.6 is 0 Å². The van der Waals surface area contributed by atoms with Crippen LogP contribution in [0.15, 0.2) is 4.42 Å². The van der Waals surface area contributed by atoms with E-state index in [1.807, 2.05) is 18.9 Å². The Morgan fingerprint density at radius 1 is 1.44 bits per heavy atom. The minimum Gasteiger partial charge on any atom is -0.407 e. The van der Waals surface area contributed by atoms with Crippen LogP contribution < -0.4 is 10.2 Å². The van der Waals surface area contributed by atoms with E-state index in [-0.39, 0.29) is 0 Å². The lowest BCUT2D eigenvalue weighted by Crippen LogP contribution is -2.23. The van der Waals surface area contributed by atoms with Crippen LogP contribution in [0.4, 0.5) is 6.01 Å². The average molecular weight is 254 g/mol. The van der Waals surface area contributed by atoms with E-state index in [1.165, 1.54) is 12.8 Å². The van der Waals surface area contributed by atoms with Gasteiger partial charge in [0.05, 0.1) is 13.2 Å². The summed E-state index contributed by atoms with van der Waals surface area (Å²) in [6.07, 6.45) is 2.65. The van der Waals surface area contributed by atoms with Crippen molar-refractivity contribution in [2.24, 2.45) is 5.92 Å². The molecule has 6 heteroatoms. The first-order valence-electron chi connectivity index (χ1n) is 6.61. The Labute approximate surface area is 108 Å². The van der Waals surface area contributed by atoms with E-state index in [9.17, 15) is 0 Å². The summed E-state index contributed by atoms with van der Waals surface area (Å²) in [7, 11) is 1.94. The number of anilines is 1. The van der Waals surface area contributed by atoms with Crippen molar-refractivity contribution in [3.63, 3.8) is 0 Å². The van der Waals surface area contributed by atoms with Gasteiger partial charge in [-0.05, 0) is 25.3 Å². The van der Waals surface area contributed by atoms with Gasteiger partial charge in [0.25, 0.3) is 0 Å². The van der Waals surface area contributed by atoms with Crippen molar-refractivity contribution in [3.8, 4) is 0 Å². The molecule has 1 heterocycles. The number of nitrogens with one attached hydrogen (secondary N) is 1. The first-order valence-corrected chi connectivity index (χ1v) is 6.61. The third kappa shape index (κ3) is 4.27. The van der Waals surface area contributed by atoms with Crippen LogP contribution in [-0.4, -0.2) is 43.5 Å². The normalized spacial score (nSPS) is 15.0. The predicted octanol–water partition coefficient (Wildman–Crippen LogP) is 1.04. The van der Waals surface area contributed by atoms with E-state index >= 15 is 0 Å².